The molecule has 2 saturated heterocycles. The van der Waals surface area contributed by atoms with Gasteiger partial charge in [-0.2, -0.15) is 4.98 Å². The SMILES string of the molecule is CCc1noc(N2CCC([C@H](C)Oc3cnc(N4CC(N)C(n5ccccc5=O)C4)nc3)CC2)n1. The van der Waals surface area contributed by atoms with Crippen molar-refractivity contribution in [3.05, 3.63) is 53.0 Å². The predicted octanol–water partition coefficient (Wildman–Crippen LogP) is 1.66. The van der Waals surface area contributed by atoms with E-state index in [0.29, 0.717) is 36.7 Å². The lowest BCUT2D eigenvalue weighted by atomic mass is 9.92. The molecule has 3 aromatic heterocycles. The highest BCUT2D eigenvalue weighted by Crippen LogP contribution is 2.28. The Morgan fingerprint density at radius 3 is 2.63 bits per heavy atom. The molecule has 0 radical (unpaired) electrons. The number of pyridine rings is 1. The molecule has 5 rings (SSSR count). The van der Waals surface area contributed by atoms with Crippen LogP contribution in [0.15, 0.2) is 46.1 Å². The third kappa shape index (κ3) is 5.00. The number of piperidine rings is 1. The lowest BCUT2D eigenvalue weighted by Gasteiger charge is -2.33. The van der Waals surface area contributed by atoms with Gasteiger partial charge in [-0.05, 0) is 31.7 Å². The number of nitrogens with two attached hydrogens (primary N) is 1. The van der Waals surface area contributed by atoms with Gasteiger partial charge in [-0.1, -0.05) is 18.1 Å². The second kappa shape index (κ2) is 10.0. The van der Waals surface area contributed by atoms with Gasteiger partial charge in [-0.25, -0.2) is 9.97 Å². The standard InChI is InChI=1S/C24H32N8O3/c1-3-21-28-24(35-29-21)30-10-7-17(8-11-30)16(2)34-18-12-26-23(27-13-18)31-14-19(25)20(15-31)32-9-5-4-6-22(32)33/h4-6,9,12-13,16-17,19-20H,3,7-8,10-11,14-15,25H2,1-2H3/t16-,19?,20?/m0/s1. The summed E-state index contributed by atoms with van der Waals surface area (Å²) in [6.07, 6.45) is 7.98. The van der Waals surface area contributed by atoms with Crippen molar-refractivity contribution in [1.82, 2.24) is 24.7 Å². The Labute approximate surface area is 203 Å². The lowest BCUT2D eigenvalue weighted by molar-refractivity contribution is 0.131. The van der Waals surface area contributed by atoms with Gasteiger partial charge in [-0.3, -0.25) is 4.79 Å². The fourth-order valence-corrected chi connectivity index (χ4v) is 4.90. The van der Waals surface area contributed by atoms with Crippen LogP contribution in [0, 0.1) is 5.92 Å². The number of aryl methyl sites for hydroxylation is 1. The maximum Gasteiger partial charge on any atom is 0.324 e. The zero-order valence-electron chi connectivity index (χ0n) is 20.2. The number of hydrogen-bond acceptors (Lipinski definition) is 10. The van der Waals surface area contributed by atoms with Gasteiger partial charge in [0.05, 0.1) is 24.5 Å². The molecule has 11 heteroatoms. The highest BCUT2D eigenvalue weighted by atomic mass is 16.5. The van der Waals surface area contributed by atoms with Crippen LogP contribution in [-0.4, -0.2) is 63.0 Å². The normalized spacial score (nSPS) is 21.9. The van der Waals surface area contributed by atoms with Crippen LogP contribution in [-0.2, 0) is 6.42 Å². The molecule has 186 valence electrons. The Bertz CT molecular complexity index is 1170. The summed E-state index contributed by atoms with van der Waals surface area (Å²) < 4.78 is 13.2. The molecule has 0 saturated carbocycles. The summed E-state index contributed by atoms with van der Waals surface area (Å²) in [6.45, 7) is 7.00. The molecular formula is C24H32N8O3. The number of anilines is 2. The fraction of sp³-hybridized carbons (Fsp3) is 0.542. The maximum absolute atomic E-state index is 12.2. The largest absolute Gasteiger partial charge is 0.487 e. The minimum absolute atomic E-state index is 0.0371. The number of aromatic nitrogens is 5. The first-order chi connectivity index (χ1) is 17.0. The second-order valence-electron chi connectivity index (χ2n) is 9.30. The molecule has 0 aromatic carbocycles. The van der Waals surface area contributed by atoms with Crippen LogP contribution in [0.1, 0.15) is 38.6 Å². The molecule has 11 nitrogen and oxygen atoms in total. The topological polar surface area (TPSA) is 128 Å². The zero-order chi connectivity index (χ0) is 24.4. The summed E-state index contributed by atoms with van der Waals surface area (Å²) in [4.78, 5) is 29.8. The van der Waals surface area contributed by atoms with Crippen LogP contribution in [0.2, 0.25) is 0 Å². The van der Waals surface area contributed by atoms with Crippen molar-refractivity contribution in [2.75, 3.05) is 36.0 Å². The van der Waals surface area contributed by atoms with E-state index < -0.39 is 0 Å². The van der Waals surface area contributed by atoms with Crippen LogP contribution in [0.25, 0.3) is 0 Å². The second-order valence-corrected chi connectivity index (χ2v) is 9.30. The van der Waals surface area contributed by atoms with Crippen LogP contribution >= 0.6 is 0 Å². The average Bonchev–Trinajstić information content (AvgIpc) is 3.52. The molecule has 35 heavy (non-hydrogen) atoms. The molecule has 2 N–H and O–H groups in total. The smallest absolute Gasteiger partial charge is 0.324 e. The number of hydrogen-bond donors (Lipinski definition) is 1. The molecule has 3 aromatic rings. The van der Waals surface area contributed by atoms with Crippen molar-refractivity contribution in [3.63, 3.8) is 0 Å². The average molecular weight is 481 g/mol. The Balaban J connectivity index is 1.15. The monoisotopic (exact) mass is 480 g/mol. The van der Waals surface area contributed by atoms with Crippen LogP contribution in [0.3, 0.4) is 0 Å². The van der Waals surface area contributed by atoms with Gasteiger partial charge < -0.3 is 29.4 Å². The quantitative estimate of drug-likeness (QED) is 0.533. The third-order valence-corrected chi connectivity index (χ3v) is 7.01. The summed E-state index contributed by atoms with van der Waals surface area (Å²) in [6, 6.07) is 5.45. The predicted molar refractivity (Wildman–Crippen MR) is 131 cm³/mol. The third-order valence-electron chi connectivity index (χ3n) is 7.01. The fourth-order valence-electron chi connectivity index (χ4n) is 4.90. The van der Waals surface area contributed by atoms with Crippen molar-refractivity contribution in [3.8, 4) is 5.75 Å². The van der Waals surface area contributed by atoms with Crippen LogP contribution in [0.4, 0.5) is 12.0 Å². The molecule has 2 aliphatic rings. The first-order valence-electron chi connectivity index (χ1n) is 12.3. The number of rotatable bonds is 7. The molecule has 5 heterocycles. The van der Waals surface area contributed by atoms with E-state index in [0.717, 1.165) is 38.2 Å². The molecule has 0 amide bonds. The van der Waals surface area contributed by atoms with Crippen molar-refractivity contribution < 1.29 is 9.26 Å². The molecule has 0 bridgehead atoms. The van der Waals surface area contributed by atoms with E-state index in [1.165, 1.54) is 0 Å². The van der Waals surface area contributed by atoms with E-state index in [4.69, 9.17) is 15.0 Å². The Kier molecular flexibility index (Phi) is 6.67. The molecule has 2 unspecified atom stereocenters. The molecular weight excluding hydrogens is 448 g/mol. The molecule has 0 spiro atoms. The van der Waals surface area contributed by atoms with Crippen LogP contribution in [0.5, 0.6) is 5.75 Å². The maximum atomic E-state index is 12.2. The first-order valence-corrected chi connectivity index (χ1v) is 12.3. The number of nitrogens with zero attached hydrogens (tertiary/aromatic N) is 7. The number of ether oxygens (including phenoxy) is 1. The molecule has 2 fully saturated rings. The van der Waals surface area contributed by atoms with Crippen molar-refractivity contribution >= 4 is 12.0 Å². The summed E-state index contributed by atoms with van der Waals surface area (Å²) >= 11 is 0. The summed E-state index contributed by atoms with van der Waals surface area (Å²) in [5.74, 6) is 2.39. The van der Waals surface area contributed by atoms with E-state index in [2.05, 4.69) is 31.9 Å². The van der Waals surface area contributed by atoms with E-state index in [1.54, 1.807) is 35.3 Å². The lowest BCUT2D eigenvalue weighted by Crippen LogP contribution is -2.38. The van der Waals surface area contributed by atoms with Gasteiger partial charge in [0, 0.05) is 50.9 Å². The minimum Gasteiger partial charge on any atom is -0.487 e. The van der Waals surface area contributed by atoms with E-state index in [-0.39, 0.29) is 23.7 Å². The Morgan fingerprint density at radius 1 is 1.17 bits per heavy atom. The van der Waals surface area contributed by atoms with Crippen LogP contribution < -0.4 is 25.8 Å². The highest BCUT2D eigenvalue weighted by Gasteiger charge is 2.33. The van der Waals surface area contributed by atoms with Gasteiger partial charge in [0.2, 0.25) is 5.95 Å². The summed E-state index contributed by atoms with van der Waals surface area (Å²) in [5, 5.41) is 3.99. The first kappa shape index (κ1) is 23.3. The molecule has 0 aliphatic carbocycles. The minimum atomic E-state index is -0.179. The van der Waals surface area contributed by atoms with Gasteiger partial charge in [0.1, 0.15) is 0 Å². The van der Waals surface area contributed by atoms with E-state index in [9.17, 15) is 4.79 Å². The van der Waals surface area contributed by atoms with Gasteiger partial charge in [0.15, 0.2) is 11.6 Å². The van der Waals surface area contributed by atoms with E-state index in [1.807, 2.05) is 17.9 Å². The van der Waals surface area contributed by atoms with E-state index >= 15 is 0 Å². The highest BCUT2D eigenvalue weighted by molar-refractivity contribution is 5.35. The summed E-state index contributed by atoms with van der Waals surface area (Å²) in [5.41, 5.74) is 6.29. The van der Waals surface area contributed by atoms with Crippen molar-refractivity contribution in [2.45, 2.75) is 51.3 Å². The Hall–Kier alpha value is -3.47. The Morgan fingerprint density at radius 2 is 1.94 bits per heavy atom. The molecule has 3 atom stereocenters. The zero-order valence-corrected chi connectivity index (χ0v) is 20.2. The van der Waals surface area contributed by atoms with Gasteiger partial charge in [-0.15, -0.1) is 0 Å². The van der Waals surface area contributed by atoms with Crippen molar-refractivity contribution in [2.24, 2.45) is 11.7 Å². The van der Waals surface area contributed by atoms with Gasteiger partial charge >= 0.3 is 6.01 Å². The van der Waals surface area contributed by atoms with Gasteiger partial charge in [0.25, 0.3) is 5.56 Å². The summed E-state index contributed by atoms with van der Waals surface area (Å²) in [7, 11) is 0. The molecule has 2 aliphatic heterocycles. The van der Waals surface area contributed by atoms with Crippen molar-refractivity contribution in [1.29, 1.82) is 0 Å².